The molecule has 2 nitrogen and oxygen atoms in total. The molecule has 1 aromatic carbocycles. The highest BCUT2D eigenvalue weighted by atomic mass is 15.1. The van der Waals surface area contributed by atoms with Gasteiger partial charge in [0.05, 0.1) is 11.6 Å². The van der Waals surface area contributed by atoms with Crippen LogP contribution >= 0.6 is 0 Å². The van der Waals surface area contributed by atoms with Crippen LogP contribution in [0.4, 0.5) is 0 Å². The molecule has 1 rings (SSSR count). The van der Waals surface area contributed by atoms with Gasteiger partial charge in [-0.2, -0.15) is 5.26 Å². The molecule has 0 spiro atoms. The molecule has 0 saturated carbocycles. The molecule has 0 amide bonds. The van der Waals surface area contributed by atoms with Crippen LogP contribution in [0.5, 0.6) is 0 Å². The van der Waals surface area contributed by atoms with Crippen molar-refractivity contribution < 1.29 is 0 Å². The number of benzene rings is 1. The summed E-state index contributed by atoms with van der Waals surface area (Å²) >= 11 is 0. The van der Waals surface area contributed by atoms with Crippen LogP contribution in [0.2, 0.25) is 0 Å². The van der Waals surface area contributed by atoms with E-state index in [1.807, 2.05) is 24.3 Å². The lowest BCUT2D eigenvalue weighted by Gasteiger charge is -2.15. The van der Waals surface area contributed by atoms with Crippen molar-refractivity contribution >= 4 is 0 Å². The zero-order valence-electron chi connectivity index (χ0n) is 8.83. The smallest absolute Gasteiger partial charge is 0.0995 e. The van der Waals surface area contributed by atoms with Gasteiger partial charge in [0.1, 0.15) is 0 Å². The molecule has 0 saturated heterocycles. The van der Waals surface area contributed by atoms with Gasteiger partial charge in [-0.15, -0.1) is 0 Å². The second-order valence-corrected chi connectivity index (χ2v) is 3.51. The molecule has 0 radical (unpaired) electrons. The Morgan fingerprint density at radius 3 is 2.71 bits per heavy atom. The van der Waals surface area contributed by atoms with E-state index in [0.717, 1.165) is 30.6 Å². The second-order valence-electron chi connectivity index (χ2n) is 3.51. The van der Waals surface area contributed by atoms with E-state index >= 15 is 0 Å². The fraction of sp³-hybridized carbons (Fsp3) is 0.417. The van der Waals surface area contributed by atoms with Crippen molar-refractivity contribution in [3.05, 3.63) is 35.4 Å². The maximum Gasteiger partial charge on any atom is 0.0995 e. The van der Waals surface area contributed by atoms with E-state index in [9.17, 15) is 0 Å². The molecule has 0 unspecified atom stereocenters. The summed E-state index contributed by atoms with van der Waals surface area (Å²) in [4.78, 5) is 2.23. The van der Waals surface area contributed by atoms with Gasteiger partial charge in [-0.3, -0.25) is 0 Å². The maximum atomic E-state index is 8.89. The number of hydrogen-bond acceptors (Lipinski definition) is 2. The zero-order chi connectivity index (χ0) is 10.4. The molecule has 74 valence electrons. The lowest BCUT2D eigenvalue weighted by Crippen LogP contribution is -2.18. The number of nitrogens with zero attached hydrogens (tertiary/aromatic N) is 2. The van der Waals surface area contributed by atoms with Gasteiger partial charge in [0, 0.05) is 6.54 Å². The van der Waals surface area contributed by atoms with Crippen LogP contribution in [0.1, 0.15) is 24.5 Å². The highest BCUT2D eigenvalue weighted by Crippen LogP contribution is 2.09. The zero-order valence-corrected chi connectivity index (χ0v) is 8.83. The van der Waals surface area contributed by atoms with Crippen molar-refractivity contribution in [2.45, 2.75) is 19.9 Å². The quantitative estimate of drug-likeness (QED) is 0.725. The van der Waals surface area contributed by atoms with Crippen molar-refractivity contribution in [2.75, 3.05) is 13.6 Å². The minimum absolute atomic E-state index is 0.787. The molecule has 0 bridgehead atoms. The summed E-state index contributed by atoms with van der Waals surface area (Å²) in [7, 11) is 2.08. The monoisotopic (exact) mass is 188 g/mol. The fourth-order valence-corrected chi connectivity index (χ4v) is 1.52. The van der Waals surface area contributed by atoms with Crippen molar-refractivity contribution in [1.29, 1.82) is 5.26 Å². The van der Waals surface area contributed by atoms with E-state index in [1.54, 1.807) is 0 Å². The highest BCUT2D eigenvalue weighted by molar-refractivity contribution is 5.37. The van der Waals surface area contributed by atoms with Crippen molar-refractivity contribution in [3.8, 4) is 6.07 Å². The summed E-state index contributed by atoms with van der Waals surface area (Å²) in [6.45, 7) is 4.09. The first-order chi connectivity index (χ1) is 6.77. The van der Waals surface area contributed by atoms with Crippen LogP contribution in [0.3, 0.4) is 0 Å². The van der Waals surface area contributed by atoms with Crippen LogP contribution in [0.25, 0.3) is 0 Å². The second kappa shape index (κ2) is 5.41. The first-order valence-corrected chi connectivity index (χ1v) is 4.94. The molecule has 1 aromatic rings. The molecule has 2 heteroatoms. The Hall–Kier alpha value is -1.33. The standard InChI is InChI=1S/C12H16N2/c1-3-8-14(2)10-12-7-5-4-6-11(12)9-13/h4-7H,3,8,10H2,1-2H3. The minimum Gasteiger partial charge on any atom is -0.302 e. The van der Waals surface area contributed by atoms with E-state index in [-0.39, 0.29) is 0 Å². The third kappa shape index (κ3) is 2.86. The lowest BCUT2D eigenvalue weighted by atomic mass is 10.1. The molecule has 0 N–H and O–H groups in total. The lowest BCUT2D eigenvalue weighted by molar-refractivity contribution is 0.327. The summed E-state index contributed by atoms with van der Waals surface area (Å²) in [5.41, 5.74) is 1.90. The summed E-state index contributed by atoms with van der Waals surface area (Å²) in [6, 6.07) is 9.99. The average molecular weight is 188 g/mol. The normalized spacial score (nSPS) is 10.1. The van der Waals surface area contributed by atoms with Gasteiger partial charge >= 0.3 is 0 Å². The first kappa shape index (κ1) is 10.7. The first-order valence-electron chi connectivity index (χ1n) is 4.94. The molecule has 0 heterocycles. The van der Waals surface area contributed by atoms with Crippen LogP contribution in [0.15, 0.2) is 24.3 Å². The molecule has 0 aliphatic heterocycles. The predicted octanol–water partition coefficient (Wildman–Crippen LogP) is 2.40. The Morgan fingerprint density at radius 2 is 2.07 bits per heavy atom. The van der Waals surface area contributed by atoms with Gasteiger partial charge in [0.2, 0.25) is 0 Å². The number of rotatable bonds is 4. The van der Waals surface area contributed by atoms with Crippen molar-refractivity contribution in [1.82, 2.24) is 4.90 Å². The van der Waals surface area contributed by atoms with Gasteiger partial charge in [0.15, 0.2) is 0 Å². The SMILES string of the molecule is CCCN(C)Cc1ccccc1C#N. The fourth-order valence-electron chi connectivity index (χ4n) is 1.52. The van der Waals surface area contributed by atoms with E-state index in [2.05, 4.69) is 24.9 Å². The Bertz CT molecular complexity index is 325. The highest BCUT2D eigenvalue weighted by Gasteiger charge is 2.03. The van der Waals surface area contributed by atoms with Crippen molar-refractivity contribution in [3.63, 3.8) is 0 Å². The topological polar surface area (TPSA) is 27.0 Å². The Labute approximate surface area is 85.8 Å². The van der Waals surface area contributed by atoms with Crippen LogP contribution in [-0.2, 0) is 6.54 Å². The molecule has 0 aromatic heterocycles. The van der Waals surface area contributed by atoms with Gasteiger partial charge in [-0.05, 0) is 31.6 Å². The van der Waals surface area contributed by atoms with Gasteiger partial charge in [-0.1, -0.05) is 25.1 Å². The van der Waals surface area contributed by atoms with Crippen LogP contribution in [-0.4, -0.2) is 18.5 Å². The Kier molecular flexibility index (Phi) is 4.15. The largest absolute Gasteiger partial charge is 0.302 e. The van der Waals surface area contributed by atoms with E-state index in [1.165, 1.54) is 0 Å². The Morgan fingerprint density at radius 1 is 1.36 bits per heavy atom. The van der Waals surface area contributed by atoms with Gasteiger partial charge in [-0.25, -0.2) is 0 Å². The summed E-state index contributed by atoms with van der Waals surface area (Å²) in [5.74, 6) is 0. The number of hydrogen-bond donors (Lipinski definition) is 0. The molecule has 0 atom stereocenters. The average Bonchev–Trinajstić information content (AvgIpc) is 2.19. The Balaban J connectivity index is 2.71. The number of nitriles is 1. The van der Waals surface area contributed by atoms with Gasteiger partial charge in [0.25, 0.3) is 0 Å². The molecular weight excluding hydrogens is 172 g/mol. The van der Waals surface area contributed by atoms with E-state index in [0.29, 0.717) is 0 Å². The van der Waals surface area contributed by atoms with Crippen LogP contribution in [0, 0.1) is 11.3 Å². The third-order valence-corrected chi connectivity index (χ3v) is 2.18. The van der Waals surface area contributed by atoms with E-state index < -0.39 is 0 Å². The molecular formula is C12H16N2. The minimum atomic E-state index is 0.787. The predicted molar refractivity (Wildman–Crippen MR) is 57.8 cm³/mol. The summed E-state index contributed by atoms with van der Waals surface area (Å²) < 4.78 is 0. The van der Waals surface area contributed by atoms with E-state index in [4.69, 9.17) is 5.26 Å². The summed E-state index contributed by atoms with van der Waals surface area (Å²) in [5, 5.41) is 8.89. The maximum absolute atomic E-state index is 8.89. The molecule has 0 aliphatic carbocycles. The third-order valence-electron chi connectivity index (χ3n) is 2.18. The molecule has 0 aliphatic rings. The summed E-state index contributed by atoms with van der Waals surface area (Å²) in [6.07, 6.45) is 1.14. The van der Waals surface area contributed by atoms with Crippen LogP contribution < -0.4 is 0 Å². The van der Waals surface area contributed by atoms with Crippen molar-refractivity contribution in [2.24, 2.45) is 0 Å². The van der Waals surface area contributed by atoms with Gasteiger partial charge < -0.3 is 4.90 Å². The molecule has 0 fully saturated rings. The molecule has 14 heavy (non-hydrogen) atoms.